The average molecular weight is 711 g/mol. The van der Waals surface area contributed by atoms with Crippen LogP contribution in [0.4, 0.5) is 8.87 Å². The minimum atomic E-state index is -0.682. The van der Waals surface area contributed by atoms with E-state index in [1.165, 1.54) is 37.7 Å². The van der Waals surface area contributed by atoms with Crippen LogP contribution in [0.25, 0.3) is 33.9 Å². The van der Waals surface area contributed by atoms with Gasteiger partial charge in [0.05, 0.1) is 17.3 Å². The number of nitrogens with one attached hydrogen (secondary N) is 2. The number of nitrogens with zero attached hydrogens (tertiary/aromatic N) is 6. The molecule has 1 amide bonds. The Morgan fingerprint density at radius 2 is 1.77 bits per heavy atom. The van der Waals surface area contributed by atoms with Crippen LogP contribution in [-0.4, -0.2) is 65.5 Å². The van der Waals surface area contributed by atoms with E-state index in [1.54, 1.807) is 6.07 Å². The summed E-state index contributed by atoms with van der Waals surface area (Å²) in [5.74, 6) is -0.582. The molecule has 0 bridgehead atoms. The lowest BCUT2D eigenvalue weighted by Gasteiger charge is -2.30. The molecule has 5 aromatic rings. The molecule has 270 valence electrons. The van der Waals surface area contributed by atoms with Crippen LogP contribution >= 0.6 is 0 Å². The molecule has 0 spiro atoms. The number of amides is 1. The van der Waals surface area contributed by atoms with Crippen molar-refractivity contribution in [2.75, 3.05) is 19.7 Å². The van der Waals surface area contributed by atoms with Crippen LogP contribution in [0.2, 0.25) is 0 Å². The number of rotatable bonds is 12. The Bertz CT molecular complexity index is 2220. The minimum absolute atomic E-state index is 0.000256. The lowest BCUT2D eigenvalue weighted by Crippen LogP contribution is -2.45. The van der Waals surface area contributed by atoms with Crippen molar-refractivity contribution in [3.63, 3.8) is 0 Å². The summed E-state index contributed by atoms with van der Waals surface area (Å²) >= 11 is 0. The lowest BCUT2D eigenvalue weighted by atomic mass is 9.90. The molecule has 52 heavy (non-hydrogen) atoms. The van der Waals surface area contributed by atoms with Crippen molar-refractivity contribution in [3.8, 4) is 16.8 Å². The summed E-state index contributed by atoms with van der Waals surface area (Å²) in [6.45, 7) is 1.80. The second-order valence-corrected chi connectivity index (χ2v) is 13.3. The number of carbonyl (C=O) groups excluding carboxylic acids is 1. The van der Waals surface area contributed by atoms with E-state index < -0.39 is 23.1 Å². The number of imidazole rings is 1. The van der Waals surface area contributed by atoms with Crippen LogP contribution < -0.4 is 21.9 Å². The van der Waals surface area contributed by atoms with Gasteiger partial charge in [-0.1, -0.05) is 40.9 Å². The number of aryl methyl sites for hydroxylation is 1. The molecule has 0 unspecified atom stereocenters. The van der Waals surface area contributed by atoms with Crippen molar-refractivity contribution in [2.45, 2.75) is 63.7 Å². The number of aromatic nitrogens is 5. The number of pyridine rings is 1. The van der Waals surface area contributed by atoms with Gasteiger partial charge in [-0.3, -0.25) is 14.2 Å². The topological polar surface area (TPSA) is 139 Å². The zero-order valence-corrected chi connectivity index (χ0v) is 28.5. The molecule has 7 rings (SSSR count). The Morgan fingerprint density at radius 3 is 2.56 bits per heavy atom. The van der Waals surface area contributed by atoms with Gasteiger partial charge in [0.2, 0.25) is 0 Å². The van der Waals surface area contributed by atoms with Crippen molar-refractivity contribution in [1.29, 1.82) is 0 Å². The smallest absolute Gasteiger partial charge is 0.337 e. The first-order valence-electron chi connectivity index (χ1n) is 17.6. The van der Waals surface area contributed by atoms with E-state index in [0.29, 0.717) is 42.3 Å². The van der Waals surface area contributed by atoms with Crippen LogP contribution in [0, 0.1) is 5.82 Å². The number of carbonyl (C=O) groups is 1. The predicted molar refractivity (Wildman–Crippen MR) is 193 cm³/mol. The molecule has 1 aliphatic heterocycles. The van der Waals surface area contributed by atoms with Gasteiger partial charge in [-0.2, -0.15) is 5.12 Å². The first kappa shape index (κ1) is 35.0. The Kier molecular flexibility index (Phi) is 10.4. The molecule has 1 saturated carbocycles. The van der Waals surface area contributed by atoms with Crippen molar-refractivity contribution in [3.05, 3.63) is 117 Å². The Morgan fingerprint density at radius 1 is 0.981 bits per heavy atom. The second-order valence-electron chi connectivity index (χ2n) is 13.3. The van der Waals surface area contributed by atoms with Crippen LogP contribution in [0.1, 0.15) is 66.4 Å². The zero-order chi connectivity index (χ0) is 36.2. The fraction of sp³-hybridized carbons (Fsp3) is 0.342. The normalized spacial score (nSPS) is 17.0. The number of hydrogen-bond acceptors (Lipinski definition) is 8. The molecular weight excluding hydrogens is 670 g/mol. The highest BCUT2D eigenvalue weighted by atomic mass is 19.2. The van der Waals surface area contributed by atoms with Crippen molar-refractivity contribution < 1.29 is 18.8 Å². The van der Waals surface area contributed by atoms with Crippen LogP contribution in [0.5, 0.6) is 0 Å². The fourth-order valence-electron chi connectivity index (χ4n) is 7.04. The number of aliphatic hydroxyl groups excluding tert-OH is 1. The fourth-order valence-corrected chi connectivity index (χ4v) is 7.04. The van der Waals surface area contributed by atoms with Crippen molar-refractivity contribution in [2.24, 2.45) is 0 Å². The van der Waals surface area contributed by atoms with E-state index >= 15 is 0 Å². The average Bonchev–Trinajstić information content (AvgIpc) is 3.58. The summed E-state index contributed by atoms with van der Waals surface area (Å²) in [6, 6.07) is 16.1. The van der Waals surface area contributed by atoms with E-state index in [2.05, 4.69) is 32.7 Å². The molecule has 14 heteroatoms. The van der Waals surface area contributed by atoms with Gasteiger partial charge >= 0.3 is 5.69 Å². The number of fused-ring (bicyclic) bond motifs is 2. The summed E-state index contributed by atoms with van der Waals surface area (Å²) in [4.78, 5) is 49.6. The Hall–Kier alpha value is -5.47. The molecule has 3 aromatic heterocycles. The van der Waals surface area contributed by atoms with Gasteiger partial charge in [-0.15, -0.1) is 0 Å². The largest absolute Gasteiger partial charge is 0.396 e. The minimum Gasteiger partial charge on any atom is -0.396 e. The highest BCUT2D eigenvalue weighted by molar-refractivity contribution is 5.92. The van der Waals surface area contributed by atoms with Gasteiger partial charge in [0.15, 0.2) is 5.65 Å². The highest BCUT2D eigenvalue weighted by Gasteiger charge is 2.29. The van der Waals surface area contributed by atoms with Gasteiger partial charge in [0.1, 0.15) is 24.0 Å². The van der Waals surface area contributed by atoms with E-state index in [-0.39, 0.29) is 42.0 Å². The summed E-state index contributed by atoms with van der Waals surface area (Å²) in [7, 11) is 0. The summed E-state index contributed by atoms with van der Waals surface area (Å²) in [6.07, 6.45) is 9.72. The maximum Gasteiger partial charge on any atom is 0.337 e. The van der Waals surface area contributed by atoms with Crippen LogP contribution in [-0.2, 0) is 13.1 Å². The monoisotopic (exact) mass is 710 g/mol. The van der Waals surface area contributed by atoms with Crippen molar-refractivity contribution in [1.82, 2.24) is 39.4 Å². The SMILES string of the molecule is O=C(NC1CCC(n2c(=O)c3cc(F)cnc3n(-c3cccc(-c4ccc(CCCNCCCO)cc4)c3)c2=O)CC1)c1cn2c(n1)C=CN(F)C2. The molecule has 1 aliphatic carbocycles. The van der Waals surface area contributed by atoms with Crippen LogP contribution in [0.15, 0.2) is 82.8 Å². The Balaban J connectivity index is 1.10. The molecule has 3 N–H and O–H groups in total. The Labute approximate surface area is 298 Å². The lowest BCUT2D eigenvalue weighted by molar-refractivity contribution is 0.0492. The summed E-state index contributed by atoms with van der Waals surface area (Å²) in [5.41, 5.74) is 2.58. The third kappa shape index (κ3) is 7.44. The maximum absolute atomic E-state index is 14.5. The molecule has 0 radical (unpaired) electrons. The van der Waals surface area contributed by atoms with E-state index in [9.17, 15) is 23.3 Å². The van der Waals surface area contributed by atoms with Gasteiger partial charge in [0.25, 0.3) is 11.5 Å². The predicted octanol–water partition coefficient (Wildman–Crippen LogP) is 4.50. The number of halogens is 2. The molecule has 0 atom stereocenters. The first-order valence-corrected chi connectivity index (χ1v) is 17.6. The standard InChI is InChI=1S/C38H40F2N8O4/c39-28-21-32-35(42-22-28)47(31-6-1-5-27(20-31)26-9-7-25(8-10-26)4-2-16-41-17-3-19-49)38(52)48(37(32)51)30-13-11-29(12-14-30)43-36(50)33-23-45-24-46(40)18-15-34(45)44-33/h1,5-10,15,18,20-23,29-30,41,49H,2-4,11-14,16-17,19,24H2,(H,43,50). The molecule has 12 nitrogen and oxygen atoms in total. The van der Waals surface area contributed by atoms with Crippen LogP contribution in [0.3, 0.4) is 0 Å². The molecule has 1 fully saturated rings. The second kappa shape index (κ2) is 15.4. The van der Waals surface area contributed by atoms with Gasteiger partial charge in [-0.05, 0) is 99.0 Å². The zero-order valence-electron chi connectivity index (χ0n) is 28.5. The maximum atomic E-state index is 14.5. The highest BCUT2D eigenvalue weighted by Crippen LogP contribution is 2.29. The van der Waals surface area contributed by atoms with Gasteiger partial charge in [-0.25, -0.2) is 23.7 Å². The van der Waals surface area contributed by atoms with E-state index in [0.717, 1.165) is 55.7 Å². The molecular formula is C38H40F2N8O4. The third-order valence-corrected chi connectivity index (χ3v) is 9.72. The number of aliphatic hydroxyl groups is 1. The van der Waals surface area contributed by atoms with Gasteiger partial charge < -0.3 is 20.3 Å². The number of hydrogen-bond donors (Lipinski definition) is 3. The quantitative estimate of drug-likeness (QED) is 0.127. The first-order chi connectivity index (χ1) is 25.3. The molecule has 4 heterocycles. The summed E-state index contributed by atoms with van der Waals surface area (Å²) < 4.78 is 32.2. The third-order valence-electron chi connectivity index (χ3n) is 9.72. The van der Waals surface area contributed by atoms with E-state index in [1.807, 2.05) is 30.3 Å². The van der Waals surface area contributed by atoms with E-state index in [4.69, 9.17) is 5.11 Å². The summed E-state index contributed by atoms with van der Waals surface area (Å²) in [5, 5.41) is 15.7. The van der Waals surface area contributed by atoms with Gasteiger partial charge in [0, 0.05) is 31.1 Å². The molecule has 0 saturated heterocycles. The molecule has 2 aromatic carbocycles. The van der Waals surface area contributed by atoms with Crippen molar-refractivity contribution >= 4 is 23.0 Å². The molecule has 2 aliphatic rings. The number of benzene rings is 2.